The fraction of sp³-hybridized carbons (Fsp3) is 1.00. The van der Waals surface area contributed by atoms with Gasteiger partial charge in [0.1, 0.15) is 4.71 Å². The quantitative estimate of drug-likeness (QED) is 0.524. The van der Waals surface area contributed by atoms with Gasteiger partial charge in [-0.25, -0.2) is 8.42 Å². The van der Waals surface area contributed by atoms with Gasteiger partial charge in [-0.1, -0.05) is 0 Å². The molecule has 1 heterocycles. The highest BCUT2D eigenvalue weighted by molar-refractivity contribution is 7.94. The Morgan fingerprint density at radius 3 is 2.30 bits per heavy atom. The molecule has 0 aromatic rings. The van der Waals surface area contributed by atoms with Crippen molar-refractivity contribution < 1.29 is 8.42 Å². The summed E-state index contributed by atoms with van der Waals surface area (Å²) >= 11 is 5.71. The SMILES string of the molecule is O=S1(=O)[C@H]2CC[C@H](C2)[C@@H]1Cl. The molecule has 10 heavy (non-hydrogen) atoms. The maximum atomic E-state index is 11.2. The molecule has 3 atom stereocenters. The Bertz CT molecular complexity index is 238. The van der Waals surface area contributed by atoms with Crippen LogP contribution in [0.4, 0.5) is 0 Å². The van der Waals surface area contributed by atoms with Crippen LogP contribution in [0, 0.1) is 5.92 Å². The predicted octanol–water partition coefficient (Wildman–Crippen LogP) is 1.15. The Morgan fingerprint density at radius 1 is 1.30 bits per heavy atom. The van der Waals surface area contributed by atoms with Gasteiger partial charge in [-0.15, -0.1) is 11.6 Å². The number of hydrogen-bond donors (Lipinski definition) is 0. The second-order valence-corrected chi connectivity index (χ2v) is 6.22. The van der Waals surface area contributed by atoms with Crippen LogP contribution in [0.15, 0.2) is 0 Å². The average Bonchev–Trinajstić information content (AvgIpc) is 2.37. The maximum Gasteiger partial charge on any atom is 0.170 e. The summed E-state index contributed by atoms with van der Waals surface area (Å²) < 4.78 is 21.9. The van der Waals surface area contributed by atoms with Crippen LogP contribution in [0.1, 0.15) is 19.3 Å². The minimum absolute atomic E-state index is 0.0972. The number of rotatable bonds is 0. The number of alkyl halides is 1. The van der Waals surface area contributed by atoms with Gasteiger partial charge < -0.3 is 0 Å². The van der Waals surface area contributed by atoms with E-state index in [0.29, 0.717) is 0 Å². The van der Waals surface area contributed by atoms with Gasteiger partial charge in [-0.2, -0.15) is 0 Å². The van der Waals surface area contributed by atoms with Gasteiger partial charge in [0.25, 0.3) is 0 Å². The normalized spacial score (nSPS) is 49.9. The Balaban J connectivity index is 2.43. The van der Waals surface area contributed by atoms with Gasteiger partial charge in [0.2, 0.25) is 0 Å². The zero-order chi connectivity index (χ0) is 7.35. The molecule has 2 fully saturated rings. The van der Waals surface area contributed by atoms with Crippen molar-refractivity contribution in [2.75, 3.05) is 0 Å². The summed E-state index contributed by atoms with van der Waals surface area (Å²) in [7, 11) is -2.90. The summed E-state index contributed by atoms with van der Waals surface area (Å²) in [5.74, 6) is 0.261. The maximum absolute atomic E-state index is 11.2. The van der Waals surface area contributed by atoms with Gasteiger partial charge in [-0.3, -0.25) is 0 Å². The zero-order valence-electron chi connectivity index (χ0n) is 5.46. The molecule has 0 unspecified atom stereocenters. The van der Waals surface area contributed by atoms with Crippen molar-refractivity contribution in [1.82, 2.24) is 0 Å². The van der Waals surface area contributed by atoms with Gasteiger partial charge in [0.15, 0.2) is 9.84 Å². The summed E-state index contributed by atoms with van der Waals surface area (Å²) in [6.45, 7) is 0. The van der Waals surface area contributed by atoms with Crippen LogP contribution < -0.4 is 0 Å². The van der Waals surface area contributed by atoms with E-state index in [1.54, 1.807) is 0 Å². The summed E-state index contributed by atoms with van der Waals surface area (Å²) in [5, 5.41) is -0.0972. The highest BCUT2D eigenvalue weighted by Gasteiger charge is 2.50. The summed E-state index contributed by atoms with van der Waals surface area (Å²) in [5.41, 5.74) is 0. The Kier molecular flexibility index (Phi) is 1.30. The molecule has 2 nitrogen and oxygen atoms in total. The molecule has 0 aromatic heterocycles. The van der Waals surface area contributed by atoms with Crippen LogP contribution >= 0.6 is 11.6 Å². The fourth-order valence-corrected chi connectivity index (χ4v) is 4.76. The molecule has 0 radical (unpaired) electrons. The third kappa shape index (κ3) is 0.678. The highest BCUT2D eigenvalue weighted by atomic mass is 35.5. The van der Waals surface area contributed by atoms with Crippen molar-refractivity contribution in [1.29, 1.82) is 0 Å². The Hall–Kier alpha value is 0.240. The zero-order valence-corrected chi connectivity index (χ0v) is 7.03. The molecule has 0 spiro atoms. The van der Waals surface area contributed by atoms with Crippen LogP contribution in [0.3, 0.4) is 0 Å². The van der Waals surface area contributed by atoms with Crippen molar-refractivity contribution >= 4 is 21.4 Å². The van der Waals surface area contributed by atoms with E-state index in [2.05, 4.69) is 0 Å². The number of fused-ring (bicyclic) bond motifs is 2. The first-order chi connectivity index (χ1) is 4.62. The lowest BCUT2D eigenvalue weighted by atomic mass is 10.1. The monoisotopic (exact) mass is 180 g/mol. The van der Waals surface area contributed by atoms with E-state index in [9.17, 15) is 8.42 Å². The van der Waals surface area contributed by atoms with Crippen molar-refractivity contribution in [3.8, 4) is 0 Å². The second kappa shape index (κ2) is 1.89. The molecular formula is C6H9ClO2S. The molecule has 2 aliphatic rings. The molecule has 0 amide bonds. The number of halogens is 1. The largest absolute Gasteiger partial charge is 0.227 e. The van der Waals surface area contributed by atoms with E-state index >= 15 is 0 Å². The molecule has 2 rings (SSSR count). The summed E-state index contributed by atoms with van der Waals surface area (Å²) in [6.07, 6.45) is 2.67. The number of hydrogen-bond acceptors (Lipinski definition) is 2. The van der Waals surface area contributed by atoms with Gasteiger partial charge >= 0.3 is 0 Å². The van der Waals surface area contributed by atoms with Crippen molar-refractivity contribution in [2.45, 2.75) is 29.2 Å². The highest BCUT2D eigenvalue weighted by Crippen LogP contribution is 2.46. The van der Waals surface area contributed by atoms with Crippen LogP contribution in [-0.4, -0.2) is 18.4 Å². The first-order valence-electron chi connectivity index (χ1n) is 3.49. The molecule has 58 valence electrons. The molecule has 2 bridgehead atoms. The standard InChI is InChI=1S/C6H9ClO2S/c7-6-4-1-2-5(3-4)10(6,8)9/h4-6H,1-3H2/t4-,5+,6-/m1/s1. The summed E-state index contributed by atoms with van der Waals surface area (Å²) in [6, 6.07) is 0. The van der Waals surface area contributed by atoms with Crippen molar-refractivity contribution in [3.05, 3.63) is 0 Å². The molecule has 4 heteroatoms. The second-order valence-electron chi connectivity index (χ2n) is 3.14. The minimum Gasteiger partial charge on any atom is -0.227 e. The van der Waals surface area contributed by atoms with Crippen LogP contribution in [-0.2, 0) is 9.84 Å². The molecule has 1 saturated heterocycles. The molecule has 0 N–H and O–H groups in total. The Labute approximate surface area is 65.5 Å². The third-order valence-electron chi connectivity index (χ3n) is 2.57. The van der Waals surface area contributed by atoms with Crippen LogP contribution in [0.25, 0.3) is 0 Å². The van der Waals surface area contributed by atoms with Crippen molar-refractivity contribution in [3.63, 3.8) is 0 Å². The third-order valence-corrected chi connectivity index (χ3v) is 6.05. The first-order valence-corrected chi connectivity index (χ1v) is 5.54. The molecule has 0 aromatic carbocycles. The molecule has 1 aliphatic carbocycles. The van der Waals surface area contributed by atoms with Crippen LogP contribution in [0.5, 0.6) is 0 Å². The predicted molar refractivity (Wildman–Crippen MR) is 39.7 cm³/mol. The first kappa shape index (κ1) is 6.92. The fourth-order valence-electron chi connectivity index (χ4n) is 1.96. The lowest BCUT2D eigenvalue weighted by molar-refractivity contribution is 0.555. The lowest BCUT2D eigenvalue weighted by Crippen LogP contribution is -2.24. The van der Waals surface area contributed by atoms with E-state index in [-0.39, 0.29) is 11.2 Å². The van der Waals surface area contributed by atoms with Gasteiger partial charge in [0.05, 0.1) is 5.25 Å². The van der Waals surface area contributed by atoms with Crippen molar-refractivity contribution in [2.24, 2.45) is 5.92 Å². The Morgan fingerprint density at radius 2 is 2.00 bits per heavy atom. The van der Waals surface area contributed by atoms with Gasteiger partial charge in [0, 0.05) is 0 Å². The summed E-state index contributed by atoms with van der Waals surface area (Å²) in [4.78, 5) is 0. The van der Waals surface area contributed by atoms with E-state index in [1.165, 1.54) is 0 Å². The molecular weight excluding hydrogens is 172 g/mol. The lowest BCUT2D eigenvalue weighted by Gasteiger charge is -2.14. The topological polar surface area (TPSA) is 34.1 Å². The average molecular weight is 181 g/mol. The minimum atomic E-state index is -2.90. The van der Waals surface area contributed by atoms with Gasteiger partial charge in [-0.05, 0) is 25.2 Å². The van der Waals surface area contributed by atoms with E-state index < -0.39 is 14.5 Å². The van der Waals surface area contributed by atoms with E-state index in [4.69, 9.17) is 11.6 Å². The van der Waals surface area contributed by atoms with E-state index in [1.807, 2.05) is 0 Å². The number of sulfone groups is 1. The van der Waals surface area contributed by atoms with Crippen LogP contribution in [0.2, 0.25) is 0 Å². The van der Waals surface area contributed by atoms with E-state index in [0.717, 1.165) is 19.3 Å². The smallest absolute Gasteiger partial charge is 0.170 e. The molecule has 1 saturated carbocycles. The molecule has 1 aliphatic heterocycles.